The molecule has 0 atom stereocenters. The van der Waals surface area contributed by atoms with Gasteiger partial charge in [0.15, 0.2) is 0 Å². The molecule has 0 saturated heterocycles. The van der Waals surface area contributed by atoms with Gasteiger partial charge in [-0.15, -0.1) is 0 Å². The number of rotatable bonds is 4. The molecule has 0 saturated carbocycles. The minimum atomic E-state index is -0.285. The van der Waals surface area contributed by atoms with Crippen LogP contribution in [0.4, 0.5) is 0 Å². The fourth-order valence-electron chi connectivity index (χ4n) is 1.51. The molecule has 1 heterocycles. The van der Waals surface area contributed by atoms with Gasteiger partial charge in [-0.25, -0.2) is 0 Å². The number of aromatic amines is 1. The van der Waals surface area contributed by atoms with E-state index in [1.807, 2.05) is 13.8 Å². The standard InChI is InChI=1S/C11H18N4O2/c1-6(2)13-9(16)5-12-11(17)10-7(3)14-15-8(10)4/h6H,5H2,1-4H3,(H,12,17)(H,13,16)(H,14,15). The van der Waals surface area contributed by atoms with E-state index < -0.39 is 0 Å². The van der Waals surface area contributed by atoms with E-state index >= 15 is 0 Å². The SMILES string of the molecule is Cc1n[nH]c(C)c1C(=O)NCC(=O)NC(C)C. The van der Waals surface area contributed by atoms with Crippen LogP contribution in [-0.4, -0.2) is 34.6 Å². The molecule has 94 valence electrons. The van der Waals surface area contributed by atoms with Crippen molar-refractivity contribution >= 4 is 11.8 Å². The van der Waals surface area contributed by atoms with Crippen molar-refractivity contribution in [1.82, 2.24) is 20.8 Å². The first-order valence-corrected chi connectivity index (χ1v) is 5.51. The van der Waals surface area contributed by atoms with E-state index in [9.17, 15) is 9.59 Å². The number of nitrogens with one attached hydrogen (secondary N) is 3. The second-order valence-electron chi connectivity index (χ2n) is 4.21. The summed E-state index contributed by atoms with van der Waals surface area (Å²) in [6.45, 7) is 7.21. The lowest BCUT2D eigenvalue weighted by Crippen LogP contribution is -2.40. The van der Waals surface area contributed by atoms with Crippen molar-refractivity contribution in [3.63, 3.8) is 0 Å². The molecule has 2 amide bonds. The summed E-state index contributed by atoms with van der Waals surface area (Å²) in [5, 5.41) is 11.9. The highest BCUT2D eigenvalue weighted by Gasteiger charge is 2.15. The fourth-order valence-corrected chi connectivity index (χ4v) is 1.51. The summed E-state index contributed by atoms with van der Waals surface area (Å²) in [5.41, 5.74) is 1.83. The minimum absolute atomic E-state index is 0.0267. The first kappa shape index (κ1) is 13.2. The Morgan fingerprint density at radius 2 is 2.00 bits per heavy atom. The number of carbonyl (C=O) groups is 2. The number of aromatic nitrogens is 2. The molecular weight excluding hydrogens is 220 g/mol. The smallest absolute Gasteiger partial charge is 0.255 e. The van der Waals surface area contributed by atoms with Gasteiger partial charge in [-0.2, -0.15) is 5.10 Å². The largest absolute Gasteiger partial charge is 0.352 e. The van der Waals surface area contributed by atoms with Crippen LogP contribution < -0.4 is 10.6 Å². The Kier molecular flexibility index (Phi) is 4.25. The highest BCUT2D eigenvalue weighted by Crippen LogP contribution is 2.08. The van der Waals surface area contributed by atoms with Crippen LogP contribution in [0, 0.1) is 13.8 Å². The normalized spacial score (nSPS) is 10.4. The predicted molar refractivity (Wildman–Crippen MR) is 63.7 cm³/mol. The number of hydrogen-bond acceptors (Lipinski definition) is 3. The molecule has 6 nitrogen and oxygen atoms in total. The van der Waals surface area contributed by atoms with Gasteiger partial charge in [0.05, 0.1) is 17.8 Å². The minimum Gasteiger partial charge on any atom is -0.352 e. The van der Waals surface area contributed by atoms with E-state index in [-0.39, 0.29) is 24.4 Å². The molecule has 0 radical (unpaired) electrons. The number of aryl methyl sites for hydroxylation is 2. The van der Waals surface area contributed by atoms with E-state index in [1.165, 1.54) is 0 Å². The Balaban J connectivity index is 2.54. The molecule has 3 N–H and O–H groups in total. The number of amides is 2. The van der Waals surface area contributed by atoms with Crippen LogP contribution in [0.25, 0.3) is 0 Å². The molecule has 0 aliphatic heterocycles. The lowest BCUT2D eigenvalue weighted by atomic mass is 10.2. The third-order valence-electron chi connectivity index (χ3n) is 2.21. The first-order chi connectivity index (χ1) is 7.91. The van der Waals surface area contributed by atoms with E-state index in [1.54, 1.807) is 13.8 Å². The molecule has 0 aliphatic carbocycles. The summed E-state index contributed by atoms with van der Waals surface area (Å²) < 4.78 is 0. The van der Waals surface area contributed by atoms with Crippen molar-refractivity contribution in [2.24, 2.45) is 0 Å². The lowest BCUT2D eigenvalue weighted by Gasteiger charge is -2.09. The summed E-state index contributed by atoms with van der Waals surface area (Å²) in [4.78, 5) is 23.1. The van der Waals surface area contributed by atoms with Gasteiger partial charge >= 0.3 is 0 Å². The number of carbonyl (C=O) groups excluding carboxylic acids is 2. The second-order valence-corrected chi connectivity index (χ2v) is 4.21. The monoisotopic (exact) mass is 238 g/mol. The third kappa shape index (κ3) is 3.58. The van der Waals surface area contributed by atoms with Gasteiger partial charge in [0.25, 0.3) is 5.91 Å². The summed E-state index contributed by atoms with van der Waals surface area (Å²) >= 11 is 0. The number of nitrogens with zero attached hydrogens (tertiary/aromatic N) is 1. The van der Waals surface area contributed by atoms with Gasteiger partial charge in [-0.05, 0) is 27.7 Å². The van der Waals surface area contributed by atoms with Crippen LogP contribution in [0.2, 0.25) is 0 Å². The Morgan fingerprint density at radius 1 is 1.35 bits per heavy atom. The first-order valence-electron chi connectivity index (χ1n) is 5.51. The fraction of sp³-hybridized carbons (Fsp3) is 0.545. The van der Waals surface area contributed by atoms with Crippen molar-refractivity contribution in [1.29, 1.82) is 0 Å². The number of H-pyrrole nitrogens is 1. The maximum absolute atomic E-state index is 11.8. The van der Waals surface area contributed by atoms with Gasteiger partial charge < -0.3 is 10.6 Å². The van der Waals surface area contributed by atoms with E-state index in [4.69, 9.17) is 0 Å². The molecule has 0 fully saturated rings. The van der Waals surface area contributed by atoms with Gasteiger partial charge in [-0.3, -0.25) is 14.7 Å². The van der Waals surface area contributed by atoms with Gasteiger partial charge in [0.2, 0.25) is 5.91 Å². The topological polar surface area (TPSA) is 86.9 Å². The second kappa shape index (κ2) is 5.47. The summed E-state index contributed by atoms with van der Waals surface area (Å²) in [6, 6.07) is 0.0665. The Hall–Kier alpha value is -1.85. The molecule has 0 aliphatic rings. The summed E-state index contributed by atoms with van der Waals surface area (Å²) in [5.74, 6) is -0.486. The highest BCUT2D eigenvalue weighted by atomic mass is 16.2. The Morgan fingerprint density at radius 3 is 2.47 bits per heavy atom. The average molecular weight is 238 g/mol. The van der Waals surface area contributed by atoms with Crippen LogP contribution in [0.1, 0.15) is 35.6 Å². The van der Waals surface area contributed by atoms with Crippen molar-refractivity contribution < 1.29 is 9.59 Å². The maximum Gasteiger partial charge on any atom is 0.255 e. The zero-order valence-corrected chi connectivity index (χ0v) is 10.5. The lowest BCUT2D eigenvalue weighted by molar-refractivity contribution is -0.120. The van der Waals surface area contributed by atoms with Crippen LogP contribution in [0.5, 0.6) is 0 Å². The quantitative estimate of drug-likeness (QED) is 0.704. The van der Waals surface area contributed by atoms with Crippen LogP contribution >= 0.6 is 0 Å². The zero-order valence-electron chi connectivity index (χ0n) is 10.5. The molecule has 1 aromatic heterocycles. The molecule has 17 heavy (non-hydrogen) atoms. The van der Waals surface area contributed by atoms with E-state index in [0.717, 1.165) is 0 Å². The molecule has 1 aromatic rings. The molecule has 0 bridgehead atoms. The van der Waals surface area contributed by atoms with Crippen molar-refractivity contribution in [3.8, 4) is 0 Å². The van der Waals surface area contributed by atoms with Gasteiger partial charge in [-0.1, -0.05) is 0 Å². The molecule has 6 heteroatoms. The average Bonchev–Trinajstić information content (AvgIpc) is 2.54. The van der Waals surface area contributed by atoms with Gasteiger partial charge in [0, 0.05) is 11.7 Å². The summed E-state index contributed by atoms with van der Waals surface area (Å²) in [7, 11) is 0. The Labute approximate surface area is 100 Å². The van der Waals surface area contributed by atoms with Crippen LogP contribution in [0.3, 0.4) is 0 Å². The van der Waals surface area contributed by atoms with Crippen LogP contribution in [0.15, 0.2) is 0 Å². The molecular formula is C11H18N4O2. The van der Waals surface area contributed by atoms with E-state index in [0.29, 0.717) is 17.0 Å². The Bertz CT molecular complexity index is 404. The van der Waals surface area contributed by atoms with Crippen molar-refractivity contribution in [2.45, 2.75) is 33.7 Å². The van der Waals surface area contributed by atoms with E-state index in [2.05, 4.69) is 20.8 Å². The molecule has 1 rings (SSSR count). The molecule has 0 aromatic carbocycles. The molecule has 0 unspecified atom stereocenters. The van der Waals surface area contributed by atoms with Crippen LogP contribution in [-0.2, 0) is 4.79 Å². The maximum atomic E-state index is 11.8. The van der Waals surface area contributed by atoms with Crippen molar-refractivity contribution in [3.05, 3.63) is 17.0 Å². The number of hydrogen-bond donors (Lipinski definition) is 3. The summed E-state index contributed by atoms with van der Waals surface area (Å²) in [6.07, 6.45) is 0. The molecule has 0 spiro atoms. The predicted octanol–water partition coefficient (Wildman–Crippen LogP) is 0.281. The van der Waals surface area contributed by atoms with Crippen molar-refractivity contribution in [2.75, 3.05) is 6.54 Å². The van der Waals surface area contributed by atoms with Gasteiger partial charge in [0.1, 0.15) is 0 Å². The third-order valence-corrected chi connectivity index (χ3v) is 2.21. The highest BCUT2D eigenvalue weighted by molar-refractivity contribution is 5.98. The zero-order chi connectivity index (χ0) is 13.0.